The Bertz CT molecular complexity index is 983. The maximum atomic E-state index is 14.3. The van der Waals surface area contributed by atoms with Gasteiger partial charge in [-0.15, -0.1) is 0 Å². The summed E-state index contributed by atoms with van der Waals surface area (Å²) in [6.45, 7) is 3.41. The van der Waals surface area contributed by atoms with E-state index in [1.165, 1.54) is 16.8 Å². The van der Waals surface area contributed by atoms with E-state index in [1.54, 1.807) is 33.0 Å². The molecule has 1 aromatic heterocycles. The van der Waals surface area contributed by atoms with E-state index in [4.69, 9.17) is 0 Å². The number of hydrogen-bond acceptors (Lipinski definition) is 4. The second-order valence-electron chi connectivity index (χ2n) is 6.99. The van der Waals surface area contributed by atoms with E-state index in [9.17, 15) is 18.2 Å². The molecule has 144 valence electrons. The number of nitrogens with zero attached hydrogens (tertiary/aromatic N) is 1. The molecule has 1 aliphatic carbocycles. The number of benzene rings is 1. The molecule has 1 atom stereocenters. The van der Waals surface area contributed by atoms with Crippen molar-refractivity contribution < 1.29 is 13.4 Å². The molecule has 0 aliphatic heterocycles. The SMILES string of the molecule is Cc1ccc(Nc2c(NS(=O)C3(CC=O)CC3)cn(C)c(=O)c2C)c(F)c1. The molecule has 1 fully saturated rings. The van der Waals surface area contributed by atoms with E-state index < -0.39 is 21.5 Å². The van der Waals surface area contributed by atoms with Crippen molar-refractivity contribution in [2.45, 2.75) is 37.9 Å². The molecule has 1 saturated carbocycles. The number of aromatic nitrogens is 1. The average Bonchev–Trinajstić information content (AvgIpc) is 3.39. The molecular formula is C19H22FN3O3S. The van der Waals surface area contributed by atoms with Crippen molar-refractivity contribution in [1.82, 2.24) is 4.57 Å². The van der Waals surface area contributed by atoms with Crippen molar-refractivity contribution in [2.75, 3.05) is 10.0 Å². The predicted octanol–water partition coefficient (Wildman–Crippen LogP) is 3.08. The van der Waals surface area contributed by atoms with Crippen LogP contribution in [0, 0.1) is 19.7 Å². The number of rotatable bonds is 7. The van der Waals surface area contributed by atoms with Gasteiger partial charge in [0.25, 0.3) is 5.56 Å². The molecule has 0 radical (unpaired) electrons. The van der Waals surface area contributed by atoms with Crippen LogP contribution in [0.4, 0.5) is 21.5 Å². The summed E-state index contributed by atoms with van der Waals surface area (Å²) in [6.07, 6.45) is 3.92. The third-order valence-electron chi connectivity index (χ3n) is 4.85. The summed E-state index contributed by atoms with van der Waals surface area (Å²) in [5, 5.41) is 2.96. The lowest BCUT2D eigenvalue weighted by Gasteiger charge is -2.20. The molecule has 1 aliphatic rings. The number of carbonyl (C=O) groups is 1. The Balaban J connectivity index is 1.99. The number of pyridine rings is 1. The zero-order valence-corrected chi connectivity index (χ0v) is 16.3. The van der Waals surface area contributed by atoms with Crippen LogP contribution >= 0.6 is 0 Å². The van der Waals surface area contributed by atoms with E-state index in [0.29, 0.717) is 29.8 Å². The number of aldehydes is 1. The second kappa shape index (κ2) is 7.26. The summed E-state index contributed by atoms with van der Waals surface area (Å²) >= 11 is 0. The van der Waals surface area contributed by atoms with E-state index in [2.05, 4.69) is 10.0 Å². The van der Waals surface area contributed by atoms with E-state index in [1.807, 2.05) is 0 Å². The largest absolute Gasteiger partial charge is 0.351 e. The third kappa shape index (κ3) is 3.80. The number of carbonyl (C=O) groups excluding carboxylic acids is 1. The van der Waals surface area contributed by atoms with Gasteiger partial charge in [-0.3, -0.25) is 4.79 Å². The molecule has 0 saturated heterocycles. The van der Waals surface area contributed by atoms with Crippen molar-refractivity contribution in [3.8, 4) is 0 Å². The Kier molecular flexibility index (Phi) is 5.19. The first-order valence-corrected chi connectivity index (χ1v) is 9.78. The van der Waals surface area contributed by atoms with Gasteiger partial charge in [0.1, 0.15) is 23.1 Å². The number of halogens is 1. The van der Waals surface area contributed by atoms with Crippen LogP contribution in [0.1, 0.15) is 30.4 Å². The quantitative estimate of drug-likeness (QED) is 0.711. The molecule has 2 N–H and O–H groups in total. The molecule has 3 rings (SSSR count). The highest BCUT2D eigenvalue weighted by Gasteiger charge is 2.48. The molecule has 1 heterocycles. The van der Waals surface area contributed by atoms with Crippen LogP contribution in [0.3, 0.4) is 0 Å². The molecule has 27 heavy (non-hydrogen) atoms. The average molecular weight is 391 g/mol. The van der Waals surface area contributed by atoms with Gasteiger partial charge in [0.15, 0.2) is 0 Å². The second-order valence-corrected chi connectivity index (χ2v) is 8.60. The third-order valence-corrected chi connectivity index (χ3v) is 6.62. The minimum Gasteiger partial charge on any atom is -0.351 e. The van der Waals surface area contributed by atoms with Gasteiger partial charge in [0, 0.05) is 25.2 Å². The van der Waals surface area contributed by atoms with Crippen LogP contribution in [-0.2, 0) is 22.8 Å². The molecular weight excluding hydrogens is 369 g/mol. The topological polar surface area (TPSA) is 80.2 Å². The summed E-state index contributed by atoms with van der Waals surface area (Å²) in [7, 11) is 0.0943. The van der Waals surface area contributed by atoms with Crippen molar-refractivity contribution in [3.63, 3.8) is 0 Å². The van der Waals surface area contributed by atoms with Gasteiger partial charge in [-0.25, -0.2) is 8.60 Å². The Morgan fingerprint density at radius 1 is 1.30 bits per heavy atom. The molecule has 2 aromatic rings. The Labute approximate surface area is 159 Å². The van der Waals surface area contributed by atoms with Gasteiger partial charge in [-0.2, -0.15) is 0 Å². The molecule has 1 aromatic carbocycles. The number of aryl methyl sites for hydroxylation is 2. The molecule has 0 spiro atoms. The normalized spacial score (nSPS) is 15.9. The van der Waals surface area contributed by atoms with Gasteiger partial charge in [-0.05, 0) is 44.4 Å². The fourth-order valence-corrected chi connectivity index (χ4v) is 4.21. The summed E-state index contributed by atoms with van der Waals surface area (Å²) in [5.41, 5.74) is 1.93. The van der Waals surface area contributed by atoms with Crippen molar-refractivity contribution in [2.24, 2.45) is 7.05 Å². The first-order valence-electron chi connectivity index (χ1n) is 8.63. The van der Waals surface area contributed by atoms with E-state index in [-0.39, 0.29) is 17.7 Å². The summed E-state index contributed by atoms with van der Waals surface area (Å²) in [6, 6.07) is 4.75. The van der Waals surface area contributed by atoms with Gasteiger partial charge in [-0.1, -0.05) is 6.07 Å². The molecule has 6 nitrogen and oxygen atoms in total. The number of anilines is 3. The van der Waals surface area contributed by atoms with Crippen LogP contribution in [0.2, 0.25) is 0 Å². The lowest BCUT2D eigenvalue weighted by atomic mass is 10.2. The molecule has 0 bridgehead atoms. The van der Waals surface area contributed by atoms with Gasteiger partial charge < -0.3 is 19.4 Å². The monoisotopic (exact) mass is 391 g/mol. The van der Waals surface area contributed by atoms with Gasteiger partial charge >= 0.3 is 0 Å². The lowest BCUT2D eigenvalue weighted by Crippen LogP contribution is -2.26. The zero-order valence-electron chi connectivity index (χ0n) is 15.5. The molecule has 0 amide bonds. The fraction of sp³-hybridized carbons (Fsp3) is 0.368. The Morgan fingerprint density at radius 2 is 2.00 bits per heavy atom. The summed E-state index contributed by atoms with van der Waals surface area (Å²) < 4.78 is 30.8. The van der Waals surface area contributed by atoms with Crippen molar-refractivity contribution in [3.05, 3.63) is 51.7 Å². The standard InChI is InChI=1S/C19H22FN3O3S/c1-12-4-5-15(14(20)10-12)21-17-13(2)18(25)23(3)11-16(17)22-27(26)19(6-7-19)8-9-24/h4-5,9-11,21-22H,6-8H2,1-3H3. The van der Waals surface area contributed by atoms with Gasteiger partial charge in [0.2, 0.25) is 0 Å². The lowest BCUT2D eigenvalue weighted by molar-refractivity contribution is -0.107. The van der Waals surface area contributed by atoms with Crippen LogP contribution in [0.5, 0.6) is 0 Å². The van der Waals surface area contributed by atoms with Crippen LogP contribution in [0.15, 0.2) is 29.2 Å². The fourth-order valence-electron chi connectivity index (χ4n) is 2.95. The minimum atomic E-state index is -1.50. The van der Waals surface area contributed by atoms with E-state index in [0.717, 1.165) is 11.8 Å². The molecule has 1 unspecified atom stereocenters. The summed E-state index contributed by atoms with van der Waals surface area (Å²) in [5.74, 6) is -0.443. The van der Waals surface area contributed by atoms with E-state index >= 15 is 0 Å². The van der Waals surface area contributed by atoms with Crippen LogP contribution in [-0.4, -0.2) is 19.8 Å². The van der Waals surface area contributed by atoms with Gasteiger partial charge in [0.05, 0.1) is 21.8 Å². The van der Waals surface area contributed by atoms with Crippen LogP contribution < -0.4 is 15.6 Å². The number of nitrogens with one attached hydrogen (secondary N) is 2. The first kappa shape index (κ1) is 19.3. The van der Waals surface area contributed by atoms with Crippen LogP contribution in [0.25, 0.3) is 0 Å². The van der Waals surface area contributed by atoms with Crippen molar-refractivity contribution in [1.29, 1.82) is 0 Å². The highest BCUT2D eigenvalue weighted by molar-refractivity contribution is 7.88. The highest BCUT2D eigenvalue weighted by atomic mass is 32.2. The summed E-state index contributed by atoms with van der Waals surface area (Å²) in [4.78, 5) is 23.2. The Morgan fingerprint density at radius 3 is 2.59 bits per heavy atom. The number of hydrogen-bond donors (Lipinski definition) is 2. The first-order chi connectivity index (χ1) is 12.8. The minimum absolute atomic E-state index is 0.215. The Hall–Kier alpha value is -2.48. The maximum Gasteiger partial charge on any atom is 0.255 e. The smallest absolute Gasteiger partial charge is 0.255 e. The predicted molar refractivity (Wildman–Crippen MR) is 105 cm³/mol. The van der Waals surface area contributed by atoms with Crippen molar-refractivity contribution >= 4 is 34.3 Å². The molecule has 8 heteroatoms. The maximum absolute atomic E-state index is 14.3. The highest BCUT2D eigenvalue weighted by Crippen LogP contribution is 2.45. The zero-order chi connectivity index (χ0) is 19.8.